The second-order valence-electron chi connectivity index (χ2n) is 19.6. The molecule has 0 spiro atoms. The van der Waals surface area contributed by atoms with Gasteiger partial charge >= 0.3 is 5.97 Å². The van der Waals surface area contributed by atoms with Gasteiger partial charge in [-0.1, -0.05) is 38.8 Å². The highest BCUT2D eigenvalue weighted by atomic mass is 16.5. The van der Waals surface area contributed by atoms with E-state index in [0.29, 0.717) is 44.9 Å². The molecule has 302 valence electrons. The molecule has 0 aromatic carbocycles. The van der Waals surface area contributed by atoms with Gasteiger partial charge in [-0.2, -0.15) is 0 Å². The van der Waals surface area contributed by atoms with Crippen molar-refractivity contribution in [1.29, 1.82) is 0 Å². The number of carbonyl (C=O) groups excluding carboxylic acids is 6. The minimum atomic E-state index is -1.65. The monoisotopic (exact) mass is 764 g/mol. The van der Waals surface area contributed by atoms with Gasteiger partial charge in [-0.3, -0.25) is 28.8 Å². The molecule has 55 heavy (non-hydrogen) atoms. The number of fused-ring (bicyclic) bond motifs is 10. The largest absolute Gasteiger partial charge is 0.458 e. The topological polar surface area (TPSA) is 193 Å². The first-order valence-electron chi connectivity index (χ1n) is 20.6. The molecule has 0 aromatic rings. The van der Waals surface area contributed by atoms with E-state index in [1.165, 1.54) is 12.5 Å². The van der Waals surface area contributed by atoms with Gasteiger partial charge < -0.3 is 25.2 Å². The normalized spacial score (nSPS) is 46.9. The van der Waals surface area contributed by atoms with Crippen molar-refractivity contribution >= 4 is 34.9 Å². The summed E-state index contributed by atoms with van der Waals surface area (Å²) in [6, 6.07) is 0. The van der Waals surface area contributed by atoms with E-state index in [0.717, 1.165) is 44.1 Å². The molecule has 0 radical (unpaired) electrons. The minimum absolute atomic E-state index is 0.0625. The van der Waals surface area contributed by atoms with Gasteiger partial charge in [0, 0.05) is 42.9 Å². The summed E-state index contributed by atoms with van der Waals surface area (Å²) >= 11 is 0. The lowest BCUT2D eigenvalue weighted by Gasteiger charge is -2.60. The number of rotatable bonds is 5. The van der Waals surface area contributed by atoms with Crippen molar-refractivity contribution in [3.05, 3.63) is 23.3 Å². The van der Waals surface area contributed by atoms with Crippen LogP contribution in [0, 0.1) is 57.2 Å². The number of allylic oxidation sites excluding steroid dienone is 2. The molecule has 8 aliphatic carbocycles. The maximum atomic E-state index is 13.5. The van der Waals surface area contributed by atoms with Crippen LogP contribution in [-0.4, -0.2) is 85.8 Å². The van der Waals surface area contributed by atoms with Crippen molar-refractivity contribution in [3.63, 3.8) is 0 Å². The lowest BCUT2D eigenvalue weighted by Crippen LogP contribution is -2.62. The molecule has 0 heterocycles. The molecule has 11 heteroatoms. The molecule has 6 saturated carbocycles. The fourth-order valence-electron chi connectivity index (χ4n) is 14.4. The zero-order valence-corrected chi connectivity index (χ0v) is 33.2. The summed E-state index contributed by atoms with van der Waals surface area (Å²) in [7, 11) is 0. The van der Waals surface area contributed by atoms with Crippen molar-refractivity contribution in [2.75, 3.05) is 13.2 Å². The second-order valence-corrected chi connectivity index (χ2v) is 19.6. The summed E-state index contributed by atoms with van der Waals surface area (Å²) in [5.74, 6) is -0.671. The zero-order valence-electron chi connectivity index (χ0n) is 33.2. The molecule has 8 aliphatic rings. The first kappa shape index (κ1) is 40.3. The molecule has 0 aliphatic heterocycles. The Morgan fingerprint density at radius 2 is 1.25 bits per heavy atom. The SMILES string of the molecule is CC(=O)OCC(=O)[C@@]1(O)CCC2C3CCC4=CC(=O)CC[C@]4(C)C3C(=O)C[C@@]21C.C[C@]12CCC(=O)C=C1CC[C@@H]1[C@@H]2[C@@H](O)C[C@@]2(C)[C@H]1CC[C@]2(O)C(=O)CO. The molecule has 0 saturated heterocycles. The number of hydrogen-bond acceptors (Lipinski definition) is 11. The standard InChI is InChI=1S/C23H30O6.C21H30O5/c1-13(24)29-12-19(27)23(28)9-7-17-16-5-4-14-10-15(25)6-8-21(14,2)20(16)18(26)11-22(17,23)3;1-19-7-5-13(23)9-12(19)3-4-14-15-6-8-21(26,17(25)11-22)20(15,2)10-16(24)18(14)19/h10,16-17,20,28H,4-9,11-12H2,1-3H3;9,14-16,18,22,24,26H,3-8,10-11H2,1-2H3/t16?,17?,20?,21-,22-,23-;14-,15-,16-,18+,19-,20-,21-/m00/s1. The van der Waals surface area contributed by atoms with Crippen LogP contribution in [0.1, 0.15) is 125 Å². The van der Waals surface area contributed by atoms with Crippen LogP contribution in [0.2, 0.25) is 0 Å². The number of esters is 1. The van der Waals surface area contributed by atoms with Crippen LogP contribution in [0.5, 0.6) is 0 Å². The van der Waals surface area contributed by atoms with Gasteiger partial charge in [0.25, 0.3) is 0 Å². The lowest BCUT2D eigenvalue weighted by molar-refractivity contribution is -0.182. The molecule has 4 N–H and O–H groups in total. The Balaban J connectivity index is 0.000000170. The molecule has 0 amide bonds. The van der Waals surface area contributed by atoms with E-state index in [-0.39, 0.29) is 70.1 Å². The number of ether oxygens (including phenoxy) is 1. The summed E-state index contributed by atoms with van der Waals surface area (Å²) < 4.78 is 4.86. The Labute approximate surface area is 323 Å². The van der Waals surface area contributed by atoms with Crippen LogP contribution >= 0.6 is 0 Å². The Morgan fingerprint density at radius 3 is 1.84 bits per heavy atom. The van der Waals surface area contributed by atoms with Crippen LogP contribution in [0.25, 0.3) is 0 Å². The molecule has 0 bridgehead atoms. The Kier molecular flexibility index (Phi) is 9.99. The number of ketones is 5. The second kappa shape index (κ2) is 13.6. The van der Waals surface area contributed by atoms with E-state index in [1.807, 2.05) is 13.8 Å². The molecule has 0 aromatic heterocycles. The number of Topliss-reactive ketones (excluding diaryl/α,β-unsaturated/α-hetero) is 3. The number of hydrogen-bond donors (Lipinski definition) is 4. The lowest BCUT2D eigenvalue weighted by atomic mass is 9.45. The predicted octanol–water partition coefficient (Wildman–Crippen LogP) is 4.34. The molecule has 11 nitrogen and oxygen atoms in total. The average Bonchev–Trinajstić information content (AvgIpc) is 3.56. The molecule has 13 atom stereocenters. The molecule has 6 fully saturated rings. The molecular formula is C44H60O11. The van der Waals surface area contributed by atoms with E-state index < -0.39 is 58.9 Å². The Bertz CT molecular complexity index is 1760. The van der Waals surface area contributed by atoms with Gasteiger partial charge in [-0.25, -0.2) is 0 Å². The number of aliphatic hydroxyl groups is 4. The van der Waals surface area contributed by atoms with Gasteiger partial charge in [0.05, 0.1) is 6.10 Å². The maximum Gasteiger partial charge on any atom is 0.303 e. The molecule has 8 rings (SSSR count). The van der Waals surface area contributed by atoms with Gasteiger partial charge in [0.2, 0.25) is 5.78 Å². The van der Waals surface area contributed by atoms with E-state index >= 15 is 0 Å². The summed E-state index contributed by atoms with van der Waals surface area (Å²) in [5, 5.41) is 43.1. The zero-order chi connectivity index (χ0) is 40.1. The maximum absolute atomic E-state index is 13.5. The van der Waals surface area contributed by atoms with Crippen LogP contribution in [0.4, 0.5) is 0 Å². The van der Waals surface area contributed by atoms with Gasteiger partial charge in [0.15, 0.2) is 24.0 Å². The average molecular weight is 765 g/mol. The Morgan fingerprint density at radius 1 is 0.727 bits per heavy atom. The van der Waals surface area contributed by atoms with Crippen LogP contribution in [0.3, 0.4) is 0 Å². The fraction of sp³-hybridized carbons (Fsp3) is 0.773. The van der Waals surface area contributed by atoms with Crippen molar-refractivity contribution in [3.8, 4) is 0 Å². The van der Waals surface area contributed by atoms with Crippen molar-refractivity contribution in [1.82, 2.24) is 0 Å². The highest BCUT2D eigenvalue weighted by molar-refractivity contribution is 5.95. The van der Waals surface area contributed by atoms with Crippen LogP contribution in [0.15, 0.2) is 23.3 Å². The van der Waals surface area contributed by atoms with E-state index in [4.69, 9.17) is 4.74 Å². The fourth-order valence-corrected chi connectivity index (χ4v) is 14.4. The third kappa shape index (κ3) is 5.78. The van der Waals surface area contributed by atoms with Crippen molar-refractivity contribution < 1.29 is 53.9 Å². The smallest absolute Gasteiger partial charge is 0.303 e. The van der Waals surface area contributed by atoms with Gasteiger partial charge in [-0.15, -0.1) is 0 Å². The minimum Gasteiger partial charge on any atom is -0.458 e. The summed E-state index contributed by atoms with van der Waals surface area (Å²) in [4.78, 5) is 73.6. The Hall–Kier alpha value is -2.86. The number of aliphatic hydroxyl groups excluding tert-OH is 2. The summed E-state index contributed by atoms with van der Waals surface area (Å²) in [6.45, 7) is 8.22. The van der Waals surface area contributed by atoms with E-state index in [1.54, 1.807) is 12.2 Å². The first-order chi connectivity index (χ1) is 25.7. The highest BCUT2D eigenvalue weighted by Crippen LogP contribution is 2.69. The van der Waals surface area contributed by atoms with Gasteiger partial charge in [-0.05, 0) is 123 Å². The van der Waals surface area contributed by atoms with Gasteiger partial charge in [0.1, 0.15) is 23.6 Å². The van der Waals surface area contributed by atoms with Crippen LogP contribution in [-0.2, 0) is 33.5 Å². The summed E-state index contributed by atoms with van der Waals surface area (Å²) in [6.07, 6.45) is 11.4. The highest BCUT2D eigenvalue weighted by Gasteiger charge is 2.70. The molecule has 3 unspecified atom stereocenters. The predicted molar refractivity (Wildman–Crippen MR) is 199 cm³/mol. The van der Waals surface area contributed by atoms with E-state index in [9.17, 15) is 49.2 Å². The molecular weight excluding hydrogens is 704 g/mol. The van der Waals surface area contributed by atoms with Crippen molar-refractivity contribution in [2.45, 2.75) is 142 Å². The summed E-state index contributed by atoms with van der Waals surface area (Å²) in [5.41, 5.74) is -2.91. The first-order valence-corrected chi connectivity index (χ1v) is 20.6. The quantitative estimate of drug-likeness (QED) is 0.291. The van der Waals surface area contributed by atoms with Crippen molar-refractivity contribution in [2.24, 2.45) is 57.2 Å². The third-order valence-corrected chi connectivity index (χ3v) is 17.3. The number of carbonyl (C=O) groups is 6. The van der Waals surface area contributed by atoms with Crippen LogP contribution < -0.4 is 0 Å². The third-order valence-electron chi connectivity index (χ3n) is 17.3. The van der Waals surface area contributed by atoms with E-state index in [2.05, 4.69) is 13.8 Å².